The van der Waals surface area contributed by atoms with Crippen molar-refractivity contribution in [2.45, 2.75) is 39.0 Å². The molecule has 82 valence electrons. The van der Waals surface area contributed by atoms with Crippen molar-refractivity contribution in [2.24, 2.45) is 0 Å². The first-order chi connectivity index (χ1) is 6.57. The lowest BCUT2D eigenvalue weighted by molar-refractivity contribution is -0.121. The molecule has 0 heterocycles. The first-order valence-electron chi connectivity index (χ1n) is 5.24. The molecule has 0 rings (SSSR count). The number of hydrogen-bond donors (Lipinski definition) is 1. The lowest BCUT2D eigenvalue weighted by atomic mass is 10.1. The zero-order valence-electron chi connectivity index (χ0n) is 9.60. The Bertz CT molecular complexity index is 188. The van der Waals surface area contributed by atoms with Crippen molar-refractivity contribution >= 4 is 5.91 Å². The third-order valence-corrected chi connectivity index (χ3v) is 1.98. The Morgan fingerprint density at radius 2 is 1.93 bits per heavy atom. The Morgan fingerprint density at radius 3 is 2.43 bits per heavy atom. The third-order valence-electron chi connectivity index (χ3n) is 1.98. The van der Waals surface area contributed by atoms with Crippen molar-refractivity contribution in [2.75, 3.05) is 14.1 Å². The van der Waals surface area contributed by atoms with Gasteiger partial charge in [-0.15, -0.1) is 0 Å². The molecule has 0 saturated heterocycles. The predicted molar refractivity (Wildman–Crippen MR) is 59.7 cm³/mol. The molecule has 0 radical (unpaired) electrons. The van der Waals surface area contributed by atoms with Crippen LogP contribution in [0.1, 0.15) is 39.0 Å². The number of nitrogens with one attached hydrogen (secondary N) is 1. The van der Waals surface area contributed by atoms with Gasteiger partial charge in [0.1, 0.15) is 0 Å². The van der Waals surface area contributed by atoms with Crippen molar-refractivity contribution in [1.82, 2.24) is 10.4 Å². The number of unbranched alkanes of at least 4 members (excludes halogenated alkanes) is 3. The van der Waals surface area contributed by atoms with Crippen molar-refractivity contribution < 1.29 is 4.79 Å². The van der Waals surface area contributed by atoms with E-state index < -0.39 is 0 Å². The van der Waals surface area contributed by atoms with E-state index in [1.165, 1.54) is 19.3 Å². The Morgan fingerprint density at radius 1 is 1.29 bits per heavy atom. The van der Waals surface area contributed by atoms with Crippen molar-refractivity contribution in [1.29, 1.82) is 0 Å². The first-order valence-corrected chi connectivity index (χ1v) is 5.24. The van der Waals surface area contributed by atoms with E-state index in [2.05, 4.69) is 18.9 Å². The second-order valence-corrected chi connectivity index (χ2v) is 3.75. The highest BCUT2D eigenvalue weighted by Gasteiger charge is 2.06. The van der Waals surface area contributed by atoms with Gasteiger partial charge in [0.15, 0.2) is 0 Å². The zero-order chi connectivity index (χ0) is 11.0. The maximum Gasteiger partial charge on any atom is 0.260 e. The molecule has 0 aliphatic heterocycles. The van der Waals surface area contributed by atoms with Crippen LogP contribution in [0.25, 0.3) is 0 Å². The molecule has 0 bridgehead atoms. The normalized spacial score (nSPS) is 10.3. The fourth-order valence-electron chi connectivity index (χ4n) is 1.16. The summed E-state index contributed by atoms with van der Waals surface area (Å²) in [7, 11) is 3.59. The van der Waals surface area contributed by atoms with Gasteiger partial charge in [0.25, 0.3) is 5.91 Å². The summed E-state index contributed by atoms with van der Waals surface area (Å²) in [6.07, 6.45) is 5.51. The minimum atomic E-state index is -0.0634. The van der Waals surface area contributed by atoms with Crippen LogP contribution in [-0.4, -0.2) is 25.0 Å². The van der Waals surface area contributed by atoms with Crippen molar-refractivity contribution in [3.8, 4) is 0 Å². The predicted octanol–water partition coefficient (Wildman–Crippen LogP) is 2.11. The van der Waals surface area contributed by atoms with Crippen LogP contribution < -0.4 is 5.43 Å². The van der Waals surface area contributed by atoms with Gasteiger partial charge < -0.3 is 0 Å². The number of rotatable bonds is 7. The molecule has 3 heteroatoms. The highest BCUT2D eigenvalue weighted by Crippen LogP contribution is 2.08. The molecule has 0 fully saturated rings. The summed E-state index contributed by atoms with van der Waals surface area (Å²) in [5.74, 6) is -0.0634. The number of nitrogens with zero attached hydrogens (tertiary/aromatic N) is 1. The Labute approximate surface area is 87.1 Å². The van der Waals surface area contributed by atoms with Crippen LogP contribution in [0.15, 0.2) is 12.2 Å². The van der Waals surface area contributed by atoms with Gasteiger partial charge >= 0.3 is 0 Å². The monoisotopic (exact) mass is 198 g/mol. The summed E-state index contributed by atoms with van der Waals surface area (Å²) < 4.78 is 0. The molecule has 1 amide bonds. The maximum atomic E-state index is 11.4. The molecule has 0 unspecified atom stereocenters. The summed E-state index contributed by atoms with van der Waals surface area (Å²) >= 11 is 0. The van der Waals surface area contributed by atoms with Crippen LogP contribution in [0.4, 0.5) is 0 Å². The van der Waals surface area contributed by atoms with E-state index >= 15 is 0 Å². The molecule has 0 aromatic heterocycles. The summed E-state index contributed by atoms with van der Waals surface area (Å²) in [6.45, 7) is 5.94. The molecule has 3 nitrogen and oxygen atoms in total. The standard InChI is InChI=1S/C11H22N2O/c1-5-6-7-8-9-10(2)11(14)12-13(3)4/h2,5-9H2,1,3-4H3,(H,12,14). The van der Waals surface area contributed by atoms with Crippen molar-refractivity contribution in [3.05, 3.63) is 12.2 Å². The largest absolute Gasteiger partial charge is 0.286 e. The summed E-state index contributed by atoms with van der Waals surface area (Å²) in [5, 5.41) is 1.64. The molecule has 0 saturated carbocycles. The molecule has 1 N–H and O–H groups in total. The zero-order valence-corrected chi connectivity index (χ0v) is 9.60. The van der Waals surface area contributed by atoms with Gasteiger partial charge in [-0.3, -0.25) is 10.2 Å². The quantitative estimate of drug-likeness (QED) is 0.386. The van der Waals surface area contributed by atoms with Crippen LogP contribution in [0.2, 0.25) is 0 Å². The van der Waals surface area contributed by atoms with Gasteiger partial charge in [-0.25, -0.2) is 5.01 Å². The minimum absolute atomic E-state index is 0.0634. The van der Waals surface area contributed by atoms with Crippen LogP contribution in [0.3, 0.4) is 0 Å². The summed E-state index contributed by atoms with van der Waals surface area (Å²) in [6, 6.07) is 0. The highest BCUT2D eigenvalue weighted by molar-refractivity contribution is 5.92. The average Bonchev–Trinajstić information content (AvgIpc) is 2.11. The van der Waals surface area contributed by atoms with E-state index in [0.717, 1.165) is 12.8 Å². The topological polar surface area (TPSA) is 32.3 Å². The van der Waals surface area contributed by atoms with Crippen LogP contribution in [-0.2, 0) is 4.79 Å². The van der Waals surface area contributed by atoms with E-state index in [0.29, 0.717) is 5.57 Å². The van der Waals surface area contributed by atoms with Gasteiger partial charge in [0.2, 0.25) is 0 Å². The van der Waals surface area contributed by atoms with Crippen LogP contribution in [0.5, 0.6) is 0 Å². The van der Waals surface area contributed by atoms with Gasteiger partial charge in [-0.1, -0.05) is 32.8 Å². The summed E-state index contributed by atoms with van der Waals surface area (Å²) in [4.78, 5) is 11.4. The van der Waals surface area contributed by atoms with E-state index in [1.807, 2.05) is 0 Å². The molecular weight excluding hydrogens is 176 g/mol. The molecule has 0 aromatic carbocycles. The number of hydrazine groups is 1. The number of carbonyl (C=O) groups is 1. The Balaban J connectivity index is 3.58. The Hall–Kier alpha value is -0.830. The van der Waals surface area contributed by atoms with E-state index in [1.54, 1.807) is 19.1 Å². The molecule has 14 heavy (non-hydrogen) atoms. The van der Waals surface area contributed by atoms with Gasteiger partial charge in [-0.2, -0.15) is 0 Å². The lowest BCUT2D eigenvalue weighted by Gasteiger charge is -2.12. The molecule has 0 aromatic rings. The van der Waals surface area contributed by atoms with Crippen LogP contribution >= 0.6 is 0 Å². The number of amides is 1. The highest BCUT2D eigenvalue weighted by atomic mass is 16.2. The van der Waals surface area contributed by atoms with E-state index in [4.69, 9.17) is 0 Å². The first kappa shape index (κ1) is 13.2. The second-order valence-electron chi connectivity index (χ2n) is 3.75. The second kappa shape index (κ2) is 7.56. The summed E-state index contributed by atoms with van der Waals surface area (Å²) in [5.41, 5.74) is 3.35. The molecular formula is C11H22N2O. The van der Waals surface area contributed by atoms with Crippen LogP contribution in [0, 0.1) is 0 Å². The maximum absolute atomic E-state index is 11.4. The average molecular weight is 198 g/mol. The SMILES string of the molecule is C=C(CCCCCC)C(=O)NN(C)C. The molecule has 0 atom stereocenters. The number of carbonyl (C=O) groups excluding carboxylic acids is 1. The lowest BCUT2D eigenvalue weighted by Crippen LogP contribution is -2.36. The number of hydrogen-bond acceptors (Lipinski definition) is 2. The van der Waals surface area contributed by atoms with E-state index in [-0.39, 0.29) is 5.91 Å². The van der Waals surface area contributed by atoms with Gasteiger partial charge in [0, 0.05) is 19.7 Å². The molecule has 0 spiro atoms. The van der Waals surface area contributed by atoms with Gasteiger partial charge in [-0.05, 0) is 12.8 Å². The minimum Gasteiger partial charge on any atom is -0.286 e. The van der Waals surface area contributed by atoms with Gasteiger partial charge in [0.05, 0.1) is 0 Å². The fourth-order valence-corrected chi connectivity index (χ4v) is 1.16. The Kier molecular flexibility index (Phi) is 7.11. The van der Waals surface area contributed by atoms with E-state index in [9.17, 15) is 4.79 Å². The fraction of sp³-hybridized carbons (Fsp3) is 0.727. The molecule has 0 aliphatic rings. The van der Waals surface area contributed by atoms with Crippen molar-refractivity contribution in [3.63, 3.8) is 0 Å². The smallest absolute Gasteiger partial charge is 0.260 e. The molecule has 0 aliphatic carbocycles. The third kappa shape index (κ3) is 6.66.